The maximum atomic E-state index is 13.4. The Kier molecular flexibility index (Phi) is 28.8. The second-order valence-electron chi connectivity index (χ2n) is 35.1. The molecule has 0 unspecified atom stereocenters. The van der Waals surface area contributed by atoms with Crippen LogP contribution in [-0.2, 0) is 35.1 Å². The highest BCUT2D eigenvalue weighted by atomic mass is 79.9. The first-order valence-corrected chi connectivity index (χ1v) is 40.0. The second-order valence-corrected chi connectivity index (χ2v) is 35.7. The van der Waals surface area contributed by atoms with Crippen molar-refractivity contribution in [3.63, 3.8) is 0 Å². The average molecular weight is 1470 g/mol. The van der Waals surface area contributed by atoms with E-state index in [-0.39, 0.29) is 62.7 Å². The van der Waals surface area contributed by atoms with Gasteiger partial charge in [0, 0.05) is 52.4 Å². The lowest BCUT2D eigenvalue weighted by atomic mass is 9.42. The maximum Gasteiger partial charge on any atom is 0.162 e. The molecule has 14 rings (SSSR count). The van der Waals surface area contributed by atoms with Gasteiger partial charge in [-0.3, -0.25) is 24.2 Å². The molecular formula is C84H139BrN6O10. The Labute approximate surface area is 619 Å². The Bertz CT molecular complexity index is 3110. The number of rotatable bonds is 15. The Morgan fingerprint density at radius 3 is 1.22 bits per heavy atom. The van der Waals surface area contributed by atoms with Crippen molar-refractivity contribution in [2.45, 2.75) is 287 Å². The van der Waals surface area contributed by atoms with Crippen LogP contribution in [0.5, 0.6) is 0 Å². The second kappa shape index (κ2) is 34.2. The summed E-state index contributed by atoms with van der Waals surface area (Å²) in [5.74, 6) is 10.4. The minimum absolute atomic E-state index is 0. The summed E-state index contributed by atoms with van der Waals surface area (Å²) < 4.78 is 17.8. The number of Topliss-reactive ketones (excluding diaryl/α,β-unsaturated/α-hetero) is 3. The number of aliphatic hydroxyl groups is 4. The van der Waals surface area contributed by atoms with E-state index in [1.165, 1.54) is 103 Å². The van der Waals surface area contributed by atoms with E-state index in [1.807, 2.05) is 13.0 Å². The van der Waals surface area contributed by atoms with Crippen molar-refractivity contribution in [2.75, 3.05) is 53.6 Å². The quantitative estimate of drug-likeness (QED) is 0.104. The van der Waals surface area contributed by atoms with E-state index in [4.69, 9.17) is 29.8 Å². The van der Waals surface area contributed by atoms with Gasteiger partial charge in [0.2, 0.25) is 0 Å². The number of carbonyl (C=O) groups is 3. The Morgan fingerprint density at radius 2 is 0.911 bits per heavy atom. The number of fused-ring (bicyclic) bond motifs is 15. The number of aromatic amines is 1. The number of hydrogen-bond donors (Lipinski definition) is 5. The zero-order valence-electron chi connectivity index (χ0n) is 62.1. The molecule has 5 N–H and O–H groups in total. The largest absolute Gasteiger partial charge is 0.400 e. The van der Waals surface area contributed by atoms with Crippen LogP contribution < -0.4 is 0 Å². The number of aromatic nitrogens is 4. The highest BCUT2D eigenvalue weighted by Gasteiger charge is 2.67. The fourth-order valence-corrected chi connectivity index (χ4v) is 28.0. The molecule has 0 aliphatic heterocycles. The maximum absolute atomic E-state index is 13.4. The van der Waals surface area contributed by atoms with Crippen LogP contribution in [0.25, 0.3) is 0 Å². The van der Waals surface area contributed by atoms with Crippen molar-refractivity contribution in [3.8, 4) is 12.1 Å². The molecule has 0 saturated heterocycles. The molecule has 0 bridgehead atoms. The van der Waals surface area contributed by atoms with Crippen LogP contribution in [0, 0.1) is 144 Å². The zero-order valence-corrected chi connectivity index (χ0v) is 63.7. The minimum atomic E-state index is -0.656. The molecule has 101 heavy (non-hydrogen) atoms. The fraction of sp³-hybridized carbons (Fsp3) is 0.869. The van der Waals surface area contributed by atoms with E-state index in [0.29, 0.717) is 99.9 Å². The third kappa shape index (κ3) is 15.6. The van der Waals surface area contributed by atoms with Crippen LogP contribution in [0.4, 0.5) is 0 Å². The standard InChI is InChI=1S/C28H41N3O3.C24H39BrO3.C24H40O3.C4H3N3.CH4O.3CH4/c1-4-28-13-12-27(33,18-34-3)15-19(28)5-6-21-22-7-8-24(26(22,2)11-9-23(21)28)25(32)17-31-14-10-20(16-29)30-31;1-4-24-12-11-23(27,15-28-3)13-16(24)5-6-17-18-7-8-20(21(26)14-25)22(18,2)10-9-19(17)24;1-5-24-13-12-23(26,15-27-4)14-17(24)6-7-18-20-9-8-19(16(2)25)22(20,3)11-10-21(18)24;5-3-4-1-2-6-7-4;1-2;;;/h10,14,19,21-24,33H,4-9,11-13,15,17-18H2,1-3H3;16-20,27H,4-15H2,1-3H3;17-21,26H,5-15H2,1-4H3;1-2H,(H,6,7);2H,1H3;3*1H4/t19-,21-,22-,23-,24+,26-,27+,28-;16-,17-,18-,19-,20+,22-,23+,24-;17-,18-,19+,20-,21-,22+,23+,24-;;;;;/m000...../s1. The number of carbonyl (C=O) groups excluding carboxylic acids is 3. The molecule has 12 aliphatic carbocycles. The molecule has 12 aliphatic rings. The molecule has 2 aromatic heterocycles. The summed E-state index contributed by atoms with van der Waals surface area (Å²) in [6, 6.07) is 7.23. The van der Waals surface area contributed by atoms with E-state index in [1.54, 1.807) is 50.5 Å². The summed E-state index contributed by atoms with van der Waals surface area (Å²) >= 11 is 3.44. The molecule has 0 spiro atoms. The Morgan fingerprint density at radius 1 is 0.535 bits per heavy atom. The molecule has 24 atom stereocenters. The number of aliphatic hydroxyl groups excluding tert-OH is 1. The molecule has 572 valence electrons. The number of H-pyrrole nitrogens is 1. The molecule has 16 nitrogen and oxygen atoms in total. The normalized spacial score (nSPS) is 43.1. The van der Waals surface area contributed by atoms with Crippen LogP contribution in [-0.4, -0.2) is 128 Å². The number of ketones is 3. The third-order valence-corrected chi connectivity index (χ3v) is 32.4. The van der Waals surface area contributed by atoms with E-state index in [9.17, 15) is 29.7 Å². The summed E-state index contributed by atoms with van der Waals surface area (Å²) in [6.45, 7) is 18.0. The summed E-state index contributed by atoms with van der Waals surface area (Å²) in [5.41, 5.74) is 0.702. The minimum Gasteiger partial charge on any atom is -0.400 e. The van der Waals surface area contributed by atoms with Gasteiger partial charge in [-0.15, -0.1) is 0 Å². The summed E-state index contributed by atoms with van der Waals surface area (Å²) in [6.07, 6.45) is 37.7. The Hall–Kier alpha value is -3.39. The van der Waals surface area contributed by atoms with Gasteiger partial charge in [0.1, 0.15) is 29.4 Å². The number of nitriles is 2. The predicted octanol–water partition coefficient (Wildman–Crippen LogP) is 16.9. The van der Waals surface area contributed by atoms with Gasteiger partial charge in [-0.05, 0) is 315 Å². The number of alkyl halides is 1. The first-order valence-electron chi connectivity index (χ1n) is 38.9. The van der Waals surface area contributed by atoms with Crippen molar-refractivity contribution >= 4 is 33.3 Å². The van der Waals surface area contributed by atoms with E-state index >= 15 is 0 Å². The van der Waals surface area contributed by atoms with E-state index in [2.05, 4.69) is 78.8 Å². The topological polar surface area (TPSA) is 254 Å². The van der Waals surface area contributed by atoms with Gasteiger partial charge in [0.25, 0.3) is 0 Å². The third-order valence-electron chi connectivity index (χ3n) is 31.9. The smallest absolute Gasteiger partial charge is 0.162 e. The highest BCUT2D eigenvalue weighted by Crippen LogP contribution is 2.73. The lowest BCUT2D eigenvalue weighted by Crippen LogP contribution is -2.57. The molecule has 12 fully saturated rings. The zero-order chi connectivity index (χ0) is 70.9. The highest BCUT2D eigenvalue weighted by molar-refractivity contribution is 9.09. The average Bonchev–Trinajstić information content (AvgIpc) is 1.71. The van der Waals surface area contributed by atoms with Gasteiger partial charge in [-0.25, -0.2) is 0 Å². The van der Waals surface area contributed by atoms with Crippen molar-refractivity contribution in [1.29, 1.82) is 10.5 Å². The van der Waals surface area contributed by atoms with Crippen LogP contribution in [0.3, 0.4) is 0 Å². The van der Waals surface area contributed by atoms with Gasteiger partial charge >= 0.3 is 0 Å². The number of nitrogens with one attached hydrogen (secondary N) is 1. The van der Waals surface area contributed by atoms with Crippen molar-refractivity contribution in [2.24, 2.45) is 121 Å². The molecule has 2 heterocycles. The first-order chi connectivity index (χ1) is 46.8. The SMILES string of the molecule is C.C.C.CC[C@]12CC[C@](O)(COC)C[C@@H]1CC[C@H]1[C@@H]3CC[C@H](C(=O)CBr)[C@@]3(C)CC[C@@H]12.CC[C@]12CC[C@](O)(COC)C[C@@H]1CC[C@H]1[C@@H]3CC[C@H](C(=O)Cn4ccc(C#N)n4)[C@@]3(C)CC[C@@H]12.CC[C@]12CC[C@](O)(COC)C[C@@H]1CC[C@H]1[C@@H]3CC[C@H](C(C)=O)[C@@]3(C)CC[C@@H]12.CO.N#Cc1ccn[nH]1. The Balaban J connectivity index is 0.000000198. The monoisotopic (exact) mass is 1470 g/mol. The lowest BCUT2D eigenvalue weighted by molar-refractivity contribution is -0.171. The number of ether oxygens (including phenoxy) is 3. The van der Waals surface area contributed by atoms with Crippen LogP contribution >= 0.6 is 15.9 Å². The number of halogens is 1. The lowest BCUT2D eigenvalue weighted by Gasteiger charge is -2.63. The van der Waals surface area contributed by atoms with Crippen molar-refractivity contribution in [1.82, 2.24) is 20.0 Å². The van der Waals surface area contributed by atoms with Crippen LogP contribution in [0.15, 0.2) is 24.5 Å². The number of hydrogen-bond acceptors (Lipinski definition) is 14. The fourth-order valence-electron chi connectivity index (χ4n) is 27.6. The molecule has 0 radical (unpaired) electrons. The van der Waals surface area contributed by atoms with Crippen LogP contribution in [0.1, 0.15) is 275 Å². The van der Waals surface area contributed by atoms with Gasteiger partial charge in [0.15, 0.2) is 11.5 Å². The summed E-state index contributed by atoms with van der Waals surface area (Å²) in [5, 5.41) is 68.2. The summed E-state index contributed by atoms with van der Waals surface area (Å²) in [7, 11) is 6.12. The van der Waals surface area contributed by atoms with Crippen LogP contribution in [0.2, 0.25) is 0 Å². The summed E-state index contributed by atoms with van der Waals surface area (Å²) in [4.78, 5) is 38.4. The molecule has 12 saturated carbocycles. The molecule has 0 amide bonds. The van der Waals surface area contributed by atoms with Gasteiger partial charge in [-0.1, -0.05) is 79.8 Å². The number of methoxy groups -OCH3 is 3. The van der Waals surface area contributed by atoms with E-state index < -0.39 is 16.8 Å². The molecule has 2 aromatic rings. The molecule has 0 aromatic carbocycles. The first kappa shape index (κ1) is 84.9. The molecular weight excluding hydrogens is 1330 g/mol. The van der Waals surface area contributed by atoms with Gasteiger partial charge < -0.3 is 34.6 Å². The number of nitrogens with zero attached hydrogens (tertiary/aromatic N) is 5. The van der Waals surface area contributed by atoms with E-state index in [0.717, 1.165) is 138 Å². The molecule has 17 heteroatoms. The van der Waals surface area contributed by atoms with Gasteiger partial charge in [-0.2, -0.15) is 20.7 Å². The predicted molar refractivity (Wildman–Crippen MR) is 403 cm³/mol. The van der Waals surface area contributed by atoms with Crippen molar-refractivity contribution in [3.05, 3.63) is 35.9 Å². The van der Waals surface area contributed by atoms with Gasteiger partial charge in [0.05, 0.1) is 54.7 Å². The van der Waals surface area contributed by atoms with Crippen molar-refractivity contribution < 1.29 is 49.0 Å².